The third kappa shape index (κ3) is 6.41. The molecule has 134 valence electrons. The van der Waals surface area contributed by atoms with E-state index in [1.807, 2.05) is 6.07 Å². The number of hydrogen-bond donors (Lipinski definition) is 0. The normalized spacial score (nSPS) is 21.7. The number of unbranched alkanes of at least 4 members (excludes halogenated alkanes) is 4. The molecule has 1 aromatic carbocycles. The lowest BCUT2D eigenvalue weighted by atomic mass is 10.00. The molecule has 0 aliphatic carbocycles. The molecular formula is C22H34O2. The van der Waals surface area contributed by atoms with E-state index in [0.717, 1.165) is 13.0 Å². The van der Waals surface area contributed by atoms with E-state index in [0.29, 0.717) is 18.6 Å². The minimum Gasteiger partial charge on any atom is -0.376 e. The standard InChI is InChI=1S/C22H34O2/c1-4-5-6-7-11-14-21-15-18(2)22(24-21)19(3)16-23-17-20-12-9-8-10-13-20/h8-10,12-13,15,19,21-22H,4-7,11,14,16-17H2,1-3H3/t19-,21-,22-/m1/s1. The third-order valence-electron chi connectivity index (χ3n) is 4.82. The van der Waals surface area contributed by atoms with E-state index in [2.05, 4.69) is 51.1 Å². The maximum absolute atomic E-state index is 6.27. The molecule has 2 rings (SSSR count). The molecule has 2 nitrogen and oxygen atoms in total. The van der Waals surface area contributed by atoms with Gasteiger partial charge < -0.3 is 9.47 Å². The highest BCUT2D eigenvalue weighted by molar-refractivity contribution is 5.15. The lowest BCUT2D eigenvalue weighted by molar-refractivity contribution is -0.0130. The van der Waals surface area contributed by atoms with Crippen LogP contribution in [0.2, 0.25) is 0 Å². The summed E-state index contributed by atoms with van der Waals surface area (Å²) in [5.41, 5.74) is 2.61. The molecule has 2 heteroatoms. The number of hydrogen-bond acceptors (Lipinski definition) is 2. The quantitative estimate of drug-likeness (QED) is 0.371. The third-order valence-corrected chi connectivity index (χ3v) is 4.82. The van der Waals surface area contributed by atoms with E-state index in [1.54, 1.807) is 0 Å². The lowest BCUT2D eigenvalue weighted by Crippen LogP contribution is -2.25. The topological polar surface area (TPSA) is 18.5 Å². The van der Waals surface area contributed by atoms with Crippen LogP contribution in [-0.2, 0) is 16.1 Å². The fourth-order valence-corrected chi connectivity index (χ4v) is 3.43. The van der Waals surface area contributed by atoms with Gasteiger partial charge in [-0.05, 0) is 24.5 Å². The molecule has 1 heterocycles. The van der Waals surface area contributed by atoms with Crippen LogP contribution in [0.1, 0.15) is 64.9 Å². The fourth-order valence-electron chi connectivity index (χ4n) is 3.43. The Balaban J connectivity index is 1.65. The number of rotatable bonds is 11. The van der Waals surface area contributed by atoms with Gasteiger partial charge in [0.15, 0.2) is 0 Å². The highest BCUT2D eigenvalue weighted by Gasteiger charge is 2.28. The molecule has 0 saturated heterocycles. The van der Waals surface area contributed by atoms with Crippen molar-refractivity contribution in [1.29, 1.82) is 0 Å². The molecule has 0 spiro atoms. The zero-order valence-electron chi connectivity index (χ0n) is 15.7. The first-order valence-corrected chi connectivity index (χ1v) is 9.66. The Morgan fingerprint density at radius 1 is 1.08 bits per heavy atom. The first kappa shape index (κ1) is 19.2. The van der Waals surface area contributed by atoms with Gasteiger partial charge in [-0.15, -0.1) is 0 Å². The maximum Gasteiger partial charge on any atom is 0.0838 e. The maximum atomic E-state index is 6.27. The summed E-state index contributed by atoms with van der Waals surface area (Å²) < 4.78 is 12.2. The van der Waals surface area contributed by atoms with E-state index in [1.165, 1.54) is 43.2 Å². The SMILES string of the molecule is CCCCCCC[C@@H]1C=C(C)[C@H]([C@H](C)COCc2ccccc2)O1. The summed E-state index contributed by atoms with van der Waals surface area (Å²) in [6, 6.07) is 10.4. The van der Waals surface area contributed by atoms with Crippen molar-refractivity contribution in [2.24, 2.45) is 5.92 Å². The van der Waals surface area contributed by atoms with Gasteiger partial charge >= 0.3 is 0 Å². The Labute approximate surface area is 148 Å². The lowest BCUT2D eigenvalue weighted by Gasteiger charge is -2.22. The van der Waals surface area contributed by atoms with Crippen molar-refractivity contribution in [2.45, 2.75) is 78.1 Å². The molecule has 1 aromatic rings. The highest BCUT2D eigenvalue weighted by Crippen LogP contribution is 2.28. The molecule has 0 unspecified atom stereocenters. The fraction of sp³-hybridized carbons (Fsp3) is 0.636. The average molecular weight is 331 g/mol. The average Bonchev–Trinajstić information content (AvgIpc) is 2.96. The molecule has 1 aliphatic heterocycles. The van der Waals surface area contributed by atoms with Gasteiger partial charge in [0.1, 0.15) is 0 Å². The van der Waals surface area contributed by atoms with Gasteiger partial charge in [0, 0.05) is 5.92 Å². The minimum absolute atomic E-state index is 0.224. The second-order valence-corrected chi connectivity index (χ2v) is 7.19. The van der Waals surface area contributed by atoms with Crippen molar-refractivity contribution in [1.82, 2.24) is 0 Å². The monoisotopic (exact) mass is 330 g/mol. The molecule has 0 amide bonds. The van der Waals surface area contributed by atoms with Crippen molar-refractivity contribution < 1.29 is 9.47 Å². The summed E-state index contributed by atoms with van der Waals surface area (Å²) in [7, 11) is 0. The summed E-state index contributed by atoms with van der Waals surface area (Å²) in [4.78, 5) is 0. The van der Waals surface area contributed by atoms with Gasteiger partial charge in [0.05, 0.1) is 25.4 Å². The van der Waals surface area contributed by atoms with E-state index in [4.69, 9.17) is 9.47 Å². The molecule has 0 radical (unpaired) electrons. The summed E-state index contributed by atoms with van der Waals surface area (Å²) in [6.45, 7) is 8.12. The van der Waals surface area contributed by atoms with Crippen molar-refractivity contribution in [3.05, 3.63) is 47.5 Å². The summed E-state index contributed by atoms with van der Waals surface area (Å²) >= 11 is 0. The summed E-state index contributed by atoms with van der Waals surface area (Å²) in [6.07, 6.45) is 10.7. The molecule has 0 aromatic heterocycles. The molecular weight excluding hydrogens is 296 g/mol. The van der Waals surface area contributed by atoms with Gasteiger partial charge in [0.2, 0.25) is 0 Å². The van der Waals surface area contributed by atoms with Crippen molar-refractivity contribution >= 4 is 0 Å². The van der Waals surface area contributed by atoms with Crippen LogP contribution in [0, 0.1) is 5.92 Å². The van der Waals surface area contributed by atoms with Gasteiger partial charge in [-0.25, -0.2) is 0 Å². The predicted octanol–water partition coefficient (Wildman–Crippen LogP) is 5.91. The van der Waals surface area contributed by atoms with Crippen LogP contribution in [-0.4, -0.2) is 18.8 Å². The van der Waals surface area contributed by atoms with Gasteiger partial charge in [-0.3, -0.25) is 0 Å². The Morgan fingerprint density at radius 3 is 2.58 bits per heavy atom. The summed E-state index contributed by atoms with van der Waals surface area (Å²) in [5, 5.41) is 0. The molecule has 1 aliphatic rings. The van der Waals surface area contributed by atoms with E-state index in [9.17, 15) is 0 Å². The van der Waals surface area contributed by atoms with E-state index < -0.39 is 0 Å². The van der Waals surface area contributed by atoms with E-state index >= 15 is 0 Å². The van der Waals surface area contributed by atoms with Crippen LogP contribution in [0.5, 0.6) is 0 Å². The molecule has 0 saturated carbocycles. The van der Waals surface area contributed by atoms with Gasteiger partial charge in [0.25, 0.3) is 0 Å². The van der Waals surface area contributed by atoms with Crippen molar-refractivity contribution in [2.75, 3.05) is 6.61 Å². The second-order valence-electron chi connectivity index (χ2n) is 7.19. The largest absolute Gasteiger partial charge is 0.376 e. The Bertz CT molecular complexity index is 480. The van der Waals surface area contributed by atoms with Crippen LogP contribution in [0.3, 0.4) is 0 Å². The van der Waals surface area contributed by atoms with Crippen LogP contribution < -0.4 is 0 Å². The Morgan fingerprint density at radius 2 is 1.83 bits per heavy atom. The van der Waals surface area contributed by atoms with Crippen LogP contribution >= 0.6 is 0 Å². The molecule has 0 bridgehead atoms. The Kier molecular flexibility index (Phi) is 8.55. The second kappa shape index (κ2) is 10.7. The van der Waals surface area contributed by atoms with Crippen molar-refractivity contribution in [3.8, 4) is 0 Å². The molecule has 24 heavy (non-hydrogen) atoms. The summed E-state index contributed by atoms with van der Waals surface area (Å²) in [5.74, 6) is 0.398. The number of benzene rings is 1. The van der Waals surface area contributed by atoms with Crippen LogP contribution in [0.4, 0.5) is 0 Å². The van der Waals surface area contributed by atoms with Gasteiger partial charge in [-0.1, -0.05) is 82.4 Å². The Hall–Kier alpha value is -1.12. The first-order valence-electron chi connectivity index (χ1n) is 9.66. The van der Waals surface area contributed by atoms with E-state index in [-0.39, 0.29) is 6.10 Å². The highest BCUT2D eigenvalue weighted by atomic mass is 16.5. The zero-order chi connectivity index (χ0) is 17.2. The zero-order valence-corrected chi connectivity index (χ0v) is 15.7. The molecule has 3 atom stereocenters. The molecule has 0 N–H and O–H groups in total. The minimum atomic E-state index is 0.224. The molecule has 0 fully saturated rings. The smallest absolute Gasteiger partial charge is 0.0838 e. The van der Waals surface area contributed by atoms with Crippen LogP contribution in [0.15, 0.2) is 42.0 Å². The van der Waals surface area contributed by atoms with Crippen LogP contribution in [0.25, 0.3) is 0 Å². The predicted molar refractivity (Wildman–Crippen MR) is 101 cm³/mol. The number of ether oxygens (including phenoxy) is 2. The first-order chi connectivity index (χ1) is 11.7. The van der Waals surface area contributed by atoms with Gasteiger partial charge in [-0.2, -0.15) is 0 Å². The van der Waals surface area contributed by atoms with Crippen molar-refractivity contribution in [3.63, 3.8) is 0 Å².